The first kappa shape index (κ1) is 15.3. The molecule has 1 heterocycles. The van der Waals surface area contributed by atoms with Gasteiger partial charge in [0.2, 0.25) is 0 Å². The number of rotatable bonds is 6. The molecule has 20 heavy (non-hydrogen) atoms. The fourth-order valence-corrected chi connectivity index (χ4v) is 3.25. The second-order valence-electron chi connectivity index (χ2n) is 4.40. The molecular weight excluding hydrogens is 297 g/mol. The van der Waals surface area contributed by atoms with Gasteiger partial charge in [-0.3, -0.25) is 0 Å². The number of nitrogens with one attached hydrogen (secondary N) is 1. The van der Waals surface area contributed by atoms with Crippen LogP contribution in [-0.4, -0.2) is 13.7 Å². The van der Waals surface area contributed by atoms with E-state index in [4.69, 9.17) is 16.3 Å². The summed E-state index contributed by atoms with van der Waals surface area (Å²) in [6.07, 6.45) is 0.517. The van der Waals surface area contributed by atoms with Crippen LogP contribution in [0.25, 0.3) is 0 Å². The number of hydrogen-bond donors (Lipinski definition) is 1. The van der Waals surface area contributed by atoms with E-state index in [1.165, 1.54) is 6.07 Å². The third-order valence-corrected chi connectivity index (χ3v) is 4.47. The Hall–Kier alpha value is -1.10. The molecule has 1 N–H and O–H groups in total. The molecule has 0 aliphatic rings. The Morgan fingerprint density at radius 1 is 1.45 bits per heavy atom. The first-order chi connectivity index (χ1) is 9.65. The number of benzene rings is 1. The maximum atomic E-state index is 13.9. The minimum absolute atomic E-state index is 0.0308. The van der Waals surface area contributed by atoms with Crippen molar-refractivity contribution >= 4 is 22.9 Å². The molecular formula is C15H17ClFNOS. The first-order valence-corrected chi connectivity index (χ1v) is 7.70. The number of halogens is 2. The van der Waals surface area contributed by atoms with E-state index < -0.39 is 0 Å². The van der Waals surface area contributed by atoms with Crippen LogP contribution in [-0.2, 0) is 6.42 Å². The lowest BCUT2D eigenvalue weighted by atomic mass is 10.0. The Morgan fingerprint density at radius 3 is 2.85 bits per heavy atom. The minimum atomic E-state index is -0.260. The molecule has 0 aliphatic carbocycles. The number of thiophene rings is 1. The maximum Gasteiger partial charge on any atom is 0.129 e. The Labute approximate surface area is 127 Å². The molecule has 2 aromatic rings. The fraction of sp³-hybridized carbons (Fsp3) is 0.333. The molecule has 1 aromatic heterocycles. The molecule has 1 unspecified atom stereocenters. The Balaban J connectivity index is 2.25. The topological polar surface area (TPSA) is 21.3 Å². The summed E-state index contributed by atoms with van der Waals surface area (Å²) in [6, 6.07) is 6.80. The van der Waals surface area contributed by atoms with Crippen molar-refractivity contribution in [2.45, 2.75) is 19.4 Å². The summed E-state index contributed by atoms with van der Waals surface area (Å²) in [7, 11) is 1.64. The Kier molecular flexibility index (Phi) is 5.40. The van der Waals surface area contributed by atoms with Gasteiger partial charge in [-0.2, -0.15) is 0 Å². The zero-order valence-corrected chi connectivity index (χ0v) is 13.0. The molecule has 1 aromatic carbocycles. The van der Waals surface area contributed by atoms with Gasteiger partial charge in [0.1, 0.15) is 11.6 Å². The third kappa shape index (κ3) is 3.51. The summed E-state index contributed by atoms with van der Waals surface area (Å²) >= 11 is 7.70. The van der Waals surface area contributed by atoms with Crippen LogP contribution >= 0.6 is 22.9 Å². The highest BCUT2D eigenvalue weighted by Gasteiger charge is 2.18. The molecule has 0 spiro atoms. The van der Waals surface area contributed by atoms with Crippen LogP contribution in [0.4, 0.5) is 4.39 Å². The van der Waals surface area contributed by atoms with Gasteiger partial charge in [-0.1, -0.05) is 24.6 Å². The zero-order valence-electron chi connectivity index (χ0n) is 11.5. The Bertz CT molecular complexity index is 553. The van der Waals surface area contributed by atoms with E-state index >= 15 is 0 Å². The van der Waals surface area contributed by atoms with E-state index in [-0.39, 0.29) is 11.9 Å². The molecule has 0 aliphatic heterocycles. The van der Waals surface area contributed by atoms with Crippen molar-refractivity contribution in [2.24, 2.45) is 0 Å². The van der Waals surface area contributed by atoms with Crippen LogP contribution in [0.2, 0.25) is 5.02 Å². The van der Waals surface area contributed by atoms with Crippen LogP contribution in [0.15, 0.2) is 29.6 Å². The molecule has 2 rings (SSSR count). The largest absolute Gasteiger partial charge is 0.496 e. The van der Waals surface area contributed by atoms with Gasteiger partial charge in [0.05, 0.1) is 7.11 Å². The van der Waals surface area contributed by atoms with Crippen LogP contribution in [0.1, 0.15) is 23.4 Å². The van der Waals surface area contributed by atoms with Gasteiger partial charge in [0.25, 0.3) is 0 Å². The van der Waals surface area contributed by atoms with Crippen molar-refractivity contribution in [3.05, 3.63) is 50.9 Å². The van der Waals surface area contributed by atoms with E-state index in [0.717, 1.165) is 17.2 Å². The average molecular weight is 314 g/mol. The van der Waals surface area contributed by atoms with Crippen LogP contribution in [0.3, 0.4) is 0 Å². The van der Waals surface area contributed by atoms with Crippen molar-refractivity contribution in [1.82, 2.24) is 5.32 Å². The summed E-state index contributed by atoms with van der Waals surface area (Å²) in [6.45, 7) is 2.83. The predicted molar refractivity (Wildman–Crippen MR) is 82.4 cm³/mol. The molecule has 0 bridgehead atoms. The normalized spacial score (nSPS) is 12.4. The van der Waals surface area contributed by atoms with Crippen molar-refractivity contribution in [3.63, 3.8) is 0 Å². The summed E-state index contributed by atoms with van der Waals surface area (Å²) < 4.78 is 19.1. The molecule has 5 heteroatoms. The van der Waals surface area contributed by atoms with Gasteiger partial charge in [-0.25, -0.2) is 4.39 Å². The molecule has 0 fully saturated rings. The maximum absolute atomic E-state index is 13.9. The van der Waals surface area contributed by atoms with Crippen molar-refractivity contribution < 1.29 is 9.13 Å². The number of ether oxygens (including phenoxy) is 1. The highest BCUT2D eigenvalue weighted by Crippen LogP contribution is 2.31. The van der Waals surface area contributed by atoms with Crippen molar-refractivity contribution in [3.8, 4) is 5.75 Å². The predicted octanol–water partition coefficient (Wildman–Crippen LogP) is 4.44. The second kappa shape index (κ2) is 7.07. The summed E-state index contributed by atoms with van der Waals surface area (Å²) in [5.74, 6) is 0.566. The SMILES string of the molecule is CCNC(Cc1c(F)cccc1Cl)c1cc(OC)cs1. The van der Waals surface area contributed by atoms with E-state index in [1.54, 1.807) is 30.6 Å². The lowest BCUT2D eigenvalue weighted by molar-refractivity contribution is 0.415. The second-order valence-corrected chi connectivity index (χ2v) is 5.75. The molecule has 1 atom stereocenters. The smallest absolute Gasteiger partial charge is 0.129 e. The van der Waals surface area contributed by atoms with Crippen LogP contribution < -0.4 is 10.1 Å². The monoisotopic (exact) mass is 313 g/mol. The lowest BCUT2D eigenvalue weighted by Crippen LogP contribution is -2.22. The fourth-order valence-electron chi connectivity index (χ4n) is 2.08. The molecule has 0 saturated heterocycles. The molecule has 2 nitrogen and oxygen atoms in total. The summed E-state index contributed by atoms with van der Waals surface area (Å²) in [5.41, 5.74) is 0.549. The van der Waals surface area contributed by atoms with E-state index in [9.17, 15) is 4.39 Å². The van der Waals surface area contributed by atoms with Gasteiger partial charge in [-0.15, -0.1) is 11.3 Å². The zero-order chi connectivity index (χ0) is 14.5. The van der Waals surface area contributed by atoms with Gasteiger partial charge >= 0.3 is 0 Å². The van der Waals surface area contributed by atoms with Crippen LogP contribution in [0.5, 0.6) is 5.75 Å². The van der Waals surface area contributed by atoms with E-state index in [0.29, 0.717) is 17.0 Å². The summed E-state index contributed by atoms with van der Waals surface area (Å²) in [4.78, 5) is 1.11. The van der Waals surface area contributed by atoms with Crippen molar-refractivity contribution in [2.75, 3.05) is 13.7 Å². The average Bonchev–Trinajstić information content (AvgIpc) is 2.90. The quantitative estimate of drug-likeness (QED) is 0.851. The first-order valence-electron chi connectivity index (χ1n) is 6.44. The third-order valence-electron chi connectivity index (χ3n) is 3.10. The van der Waals surface area contributed by atoms with Gasteiger partial charge < -0.3 is 10.1 Å². The molecule has 0 radical (unpaired) electrons. The number of hydrogen-bond acceptors (Lipinski definition) is 3. The molecule has 108 valence electrons. The number of methoxy groups -OCH3 is 1. The van der Waals surface area contributed by atoms with Gasteiger partial charge in [0, 0.05) is 26.9 Å². The molecule has 0 amide bonds. The van der Waals surface area contributed by atoms with E-state index in [2.05, 4.69) is 5.32 Å². The highest BCUT2D eigenvalue weighted by molar-refractivity contribution is 7.10. The van der Waals surface area contributed by atoms with Crippen LogP contribution in [0, 0.1) is 5.82 Å². The summed E-state index contributed by atoms with van der Waals surface area (Å²) in [5, 5.41) is 5.78. The standard InChI is InChI=1S/C15H17ClFNOS/c1-3-18-14(15-7-10(19-2)9-20-15)8-11-12(16)5-4-6-13(11)17/h4-7,9,14,18H,3,8H2,1-2H3. The minimum Gasteiger partial charge on any atom is -0.496 e. The van der Waals surface area contributed by atoms with Gasteiger partial charge in [-0.05, 0) is 31.2 Å². The highest BCUT2D eigenvalue weighted by atomic mass is 35.5. The molecule has 0 saturated carbocycles. The lowest BCUT2D eigenvalue weighted by Gasteiger charge is -2.17. The van der Waals surface area contributed by atoms with Crippen molar-refractivity contribution in [1.29, 1.82) is 0 Å². The number of likely N-dealkylation sites (N-methyl/N-ethyl adjacent to an activating group) is 1. The van der Waals surface area contributed by atoms with E-state index in [1.807, 2.05) is 18.4 Å². The van der Waals surface area contributed by atoms with Gasteiger partial charge in [0.15, 0.2) is 0 Å². The Morgan fingerprint density at radius 2 is 2.25 bits per heavy atom.